The molecule has 1 aromatic carbocycles. The van der Waals surface area contributed by atoms with Gasteiger partial charge in [-0.25, -0.2) is 9.78 Å². The number of halogens is 1. The van der Waals surface area contributed by atoms with Crippen LogP contribution in [-0.2, 0) is 13.5 Å². The largest absolute Gasteiger partial charge is 0.478 e. The first-order valence-electron chi connectivity index (χ1n) is 10.2. The molecule has 0 radical (unpaired) electrons. The van der Waals surface area contributed by atoms with Crippen molar-refractivity contribution in [3.63, 3.8) is 0 Å². The summed E-state index contributed by atoms with van der Waals surface area (Å²) in [6, 6.07) is 7.92. The smallest absolute Gasteiger partial charge is 0.339 e. The van der Waals surface area contributed by atoms with Crippen molar-refractivity contribution in [1.29, 1.82) is 0 Å². The van der Waals surface area contributed by atoms with Gasteiger partial charge >= 0.3 is 5.97 Å². The van der Waals surface area contributed by atoms with Crippen molar-refractivity contribution >= 4 is 35.0 Å². The fraction of sp³-hybridized carbons (Fsp3) is 0.304. The van der Waals surface area contributed by atoms with Gasteiger partial charge in [0.15, 0.2) is 0 Å². The van der Waals surface area contributed by atoms with Crippen LogP contribution in [0.5, 0.6) is 0 Å². The van der Waals surface area contributed by atoms with Crippen LogP contribution < -0.4 is 10.2 Å². The first-order valence-corrected chi connectivity index (χ1v) is 10.6. The van der Waals surface area contributed by atoms with Gasteiger partial charge in [-0.15, -0.1) is 0 Å². The molecule has 9 heteroatoms. The SMILES string of the molecule is Cc1nn(C)c(C)c1CCCN(C)c1ncc(NC(=O)c2cccc(Cl)c2)cc1C(=O)O. The van der Waals surface area contributed by atoms with E-state index in [4.69, 9.17) is 11.6 Å². The van der Waals surface area contributed by atoms with Crippen LogP contribution in [0.15, 0.2) is 36.5 Å². The Labute approximate surface area is 191 Å². The van der Waals surface area contributed by atoms with Crippen LogP contribution in [0.4, 0.5) is 11.5 Å². The van der Waals surface area contributed by atoms with Crippen molar-refractivity contribution < 1.29 is 14.7 Å². The minimum atomic E-state index is -1.11. The second kappa shape index (κ2) is 9.82. The first-order chi connectivity index (χ1) is 15.2. The van der Waals surface area contributed by atoms with Gasteiger partial charge in [0.05, 0.1) is 17.6 Å². The minimum absolute atomic E-state index is 0.0186. The maximum Gasteiger partial charge on any atom is 0.339 e. The van der Waals surface area contributed by atoms with Crippen molar-refractivity contribution in [3.8, 4) is 0 Å². The summed E-state index contributed by atoms with van der Waals surface area (Å²) in [4.78, 5) is 30.4. The lowest BCUT2D eigenvalue weighted by molar-refractivity contribution is 0.0696. The van der Waals surface area contributed by atoms with Gasteiger partial charge in [0.1, 0.15) is 11.4 Å². The number of aryl methyl sites for hydroxylation is 2. The molecule has 3 rings (SSSR count). The van der Waals surface area contributed by atoms with Gasteiger partial charge in [-0.1, -0.05) is 17.7 Å². The highest BCUT2D eigenvalue weighted by Gasteiger charge is 2.18. The minimum Gasteiger partial charge on any atom is -0.478 e. The molecule has 2 heterocycles. The molecule has 0 aliphatic carbocycles. The number of carbonyl (C=O) groups is 2. The van der Waals surface area contributed by atoms with Crippen LogP contribution in [0.3, 0.4) is 0 Å². The zero-order chi connectivity index (χ0) is 23.4. The van der Waals surface area contributed by atoms with Crippen LogP contribution in [0.25, 0.3) is 0 Å². The van der Waals surface area contributed by atoms with Crippen molar-refractivity contribution in [3.05, 3.63) is 69.6 Å². The molecule has 8 nitrogen and oxygen atoms in total. The third-order valence-corrected chi connectivity index (χ3v) is 5.62. The third kappa shape index (κ3) is 5.26. The van der Waals surface area contributed by atoms with Gasteiger partial charge in [0.25, 0.3) is 5.91 Å². The van der Waals surface area contributed by atoms with Gasteiger partial charge in [-0.2, -0.15) is 5.10 Å². The second-order valence-corrected chi connectivity index (χ2v) is 8.10. The summed E-state index contributed by atoms with van der Waals surface area (Å²) in [6.07, 6.45) is 3.11. The summed E-state index contributed by atoms with van der Waals surface area (Å²) in [6.45, 7) is 4.65. The fourth-order valence-corrected chi connectivity index (χ4v) is 3.79. The molecular formula is C23H26ClN5O3. The van der Waals surface area contributed by atoms with E-state index in [-0.39, 0.29) is 5.56 Å². The Kier molecular flexibility index (Phi) is 7.15. The molecule has 0 saturated heterocycles. The summed E-state index contributed by atoms with van der Waals surface area (Å²) in [5, 5.41) is 17.2. The van der Waals surface area contributed by atoms with E-state index >= 15 is 0 Å². The number of anilines is 2. The van der Waals surface area contributed by atoms with E-state index in [1.54, 1.807) is 18.2 Å². The molecule has 0 atom stereocenters. The van der Waals surface area contributed by atoms with Gasteiger partial charge in [-0.05, 0) is 56.5 Å². The predicted octanol–water partition coefficient (Wildman–Crippen LogP) is 4.10. The van der Waals surface area contributed by atoms with E-state index < -0.39 is 11.9 Å². The lowest BCUT2D eigenvalue weighted by Gasteiger charge is -2.20. The molecule has 0 aliphatic rings. The Balaban J connectivity index is 1.71. The average Bonchev–Trinajstić information content (AvgIpc) is 2.99. The van der Waals surface area contributed by atoms with Gasteiger partial charge in [-0.3, -0.25) is 9.48 Å². The molecule has 0 spiro atoms. The standard InChI is InChI=1S/C23H26ClN5O3/c1-14-19(15(2)29(4)27-14)9-6-10-28(3)21-20(23(31)32)12-18(13-25-21)26-22(30)16-7-5-8-17(24)11-16/h5,7-8,11-13H,6,9-10H2,1-4H3,(H,26,30)(H,31,32). The van der Waals surface area contributed by atoms with E-state index in [1.807, 2.05) is 37.5 Å². The molecule has 3 aromatic rings. The highest BCUT2D eigenvalue weighted by molar-refractivity contribution is 6.31. The number of carboxylic acids is 1. The molecule has 1 amide bonds. The Hall–Kier alpha value is -3.39. The van der Waals surface area contributed by atoms with Crippen LogP contribution in [0.2, 0.25) is 5.02 Å². The van der Waals surface area contributed by atoms with Crippen molar-refractivity contribution in [2.24, 2.45) is 7.05 Å². The highest BCUT2D eigenvalue weighted by Crippen LogP contribution is 2.22. The highest BCUT2D eigenvalue weighted by atomic mass is 35.5. The molecule has 2 N–H and O–H groups in total. The Morgan fingerprint density at radius 1 is 1.25 bits per heavy atom. The topological polar surface area (TPSA) is 100 Å². The Morgan fingerprint density at radius 3 is 2.62 bits per heavy atom. The number of carboxylic acid groups (broad SMARTS) is 1. The summed E-state index contributed by atoms with van der Waals surface area (Å²) in [5.74, 6) is -1.16. The van der Waals surface area contributed by atoms with Crippen LogP contribution in [0.1, 0.15) is 44.1 Å². The Morgan fingerprint density at radius 2 is 2.00 bits per heavy atom. The van der Waals surface area contributed by atoms with E-state index in [2.05, 4.69) is 15.4 Å². The zero-order valence-electron chi connectivity index (χ0n) is 18.5. The Bertz CT molecular complexity index is 1160. The number of carbonyl (C=O) groups excluding carboxylic acids is 1. The number of amides is 1. The maximum absolute atomic E-state index is 12.4. The predicted molar refractivity (Wildman–Crippen MR) is 125 cm³/mol. The molecule has 0 fully saturated rings. The summed E-state index contributed by atoms with van der Waals surface area (Å²) >= 11 is 5.93. The van der Waals surface area contributed by atoms with Gasteiger partial charge < -0.3 is 15.3 Å². The number of aromatic carboxylic acids is 1. The van der Waals surface area contributed by atoms with Crippen molar-refractivity contribution in [2.75, 3.05) is 23.8 Å². The molecule has 168 valence electrons. The monoisotopic (exact) mass is 455 g/mol. The molecule has 0 bridgehead atoms. The lowest BCUT2D eigenvalue weighted by atomic mass is 10.1. The average molecular weight is 456 g/mol. The summed E-state index contributed by atoms with van der Waals surface area (Å²) in [7, 11) is 3.73. The summed E-state index contributed by atoms with van der Waals surface area (Å²) in [5.41, 5.74) is 4.05. The molecule has 0 aliphatic heterocycles. The number of nitrogens with zero attached hydrogens (tertiary/aromatic N) is 4. The van der Waals surface area contributed by atoms with Gasteiger partial charge in [0.2, 0.25) is 0 Å². The zero-order valence-corrected chi connectivity index (χ0v) is 19.3. The fourth-order valence-electron chi connectivity index (χ4n) is 3.60. The number of rotatable bonds is 8. The quantitative estimate of drug-likeness (QED) is 0.530. The van der Waals surface area contributed by atoms with Crippen molar-refractivity contribution in [2.45, 2.75) is 26.7 Å². The summed E-state index contributed by atoms with van der Waals surface area (Å²) < 4.78 is 1.87. The number of hydrogen-bond acceptors (Lipinski definition) is 5. The molecule has 0 saturated carbocycles. The number of pyridine rings is 1. The maximum atomic E-state index is 12.4. The second-order valence-electron chi connectivity index (χ2n) is 7.66. The number of benzene rings is 1. The van der Waals surface area contributed by atoms with Gasteiger partial charge in [0, 0.05) is 36.9 Å². The lowest BCUT2D eigenvalue weighted by Crippen LogP contribution is -2.23. The molecular weight excluding hydrogens is 430 g/mol. The number of hydrogen-bond donors (Lipinski definition) is 2. The van der Waals surface area contributed by atoms with Crippen LogP contribution in [-0.4, -0.2) is 45.3 Å². The first kappa shape index (κ1) is 23.3. The normalized spacial score (nSPS) is 10.8. The van der Waals surface area contributed by atoms with E-state index in [0.717, 1.165) is 24.2 Å². The van der Waals surface area contributed by atoms with E-state index in [9.17, 15) is 14.7 Å². The third-order valence-electron chi connectivity index (χ3n) is 5.38. The molecule has 2 aromatic heterocycles. The number of nitrogens with one attached hydrogen (secondary N) is 1. The molecule has 32 heavy (non-hydrogen) atoms. The van der Waals surface area contributed by atoms with Crippen LogP contribution >= 0.6 is 11.6 Å². The van der Waals surface area contributed by atoms with Crippen LogP contribution in [0, 0.1) is 13.8 Å². The van der Waals surface area contributed by atoms with E-state index in [1.165, 1.54) is 23.9 Å². The van der Waals surface area contributed by atoms with E-state index in [0.29, 0.717) is 28.6 Å². The molecule has 0 unspecified atom stereocenters. The van der Waals surface area contributed by atoms with Crippen molar-refractivity contribution in [1.82, 2.24) is 14.8 Å². The number of aromatic nitrogens is 3.